The molecule has 0 radical (unpaired) electrons. The molecule has 1 aliphatic rings. The molecule has 1 heterocycles. The molecule has 1 aromatic carbocycles. The molecule has 0 saturated carbocycles. The van der Waals surface area contributed by atoms with Gasteiger partial charge in [-0.15, -0.1) is 0 Å². The number of carbonyl (C=O) groups is 2. The summed E-state index contributed by atoms with van der Waals surface area (Å²) in [6, 6.07) is 2.88. The van der Waals surface area contributed by atoms with Crippen LogP contribution in [-0.2, 0) is 9.59 Å². The Morgan fingerprint density at radius 3 is 2.73 bits per heavy atom. The quantitative estimate of drug-likeness (QED) is 0.660. The van der Waals surface area contributed by atoms with Gasteiger partial charge in [-0.1, -0.05) is 0 Å². The van der Waals surface area contributed by atoms with E-state index in [1.54, 1.807) is 0 Å². The first kappa shape index (κ1) is 16.1. The first-order chi connectivity index (χ1) is 10.2. The highest BCUT2D eigenvalue weighted by Gasteiger charge is 2.40. The second-order valence-electron chi connectivity index (χ2n) is 4.94. The number of alkyl halides is 3. The lowest BCUT2D eigenvalue weighted by molar-refractivity contribution is -0.157. The van der Waals surface area contributed by atoms with Gasteiger partial charge in [-0.3, -0.25) is 9.59 Å². The molecule has 0 bridgehead atoms. The van der Waals surface area contributed by atoms with Gasteiger partial charge in [-0.25, -0.2) is 4.39 Å². The van der Waals surface area contributed by atoms with Crippen LogP contribution in [0.5, 0.6) is 5.75 Å². The third-order valence-corrected chi connectivity index (χ3v) is 3.17. The first-order valence-corrected chi connectivity index (χ1v) is 6.29. The number of halogens is 4. The van der Waals surface area contributed by atoms with E-state index < -0.39 is 36.3 Å². The van der Waals surface area contributed by atoms with Crippen LogP contribution in [0.1, 0.15) is 6.42 Å². The number of anilines is 1. The number of amides is 2. The van der Waals surface area contributed by atoms with Crippen LogP contribution in [0.25, 0.3) is 0 Å². The standard InChI is InChI=1S/C13H12F4N2O3/c14-8-1-2-10(20)9(4-8)18-12(22)7-3-11(21)19(5-7)6-13(15,16)17/h1-2,4,7,20H,3,5-6H2,(H,18,22)/t7-/m1/s1. The monoisotopic (exact) mass is 320 g/mol. The van der Waals surface area contributed by atoms with Gasteiger partial charge in [-0.05, 0) is 12.1 Å². The van der Waals surface area contributed by atoms with Crippen LogP contribution in [0.2, 0.25) is 0 Å². The molecule has 22 heavy (non-hydrogen) atoms. The second-order valence-corrected chi connectivity index (χ2v) is 4.94. The van der Waals surface area contributed by atoms with E-state index in [9.17, 15) is 32.3 Å². The number of hydrogen-bond donors (Lipinski definition) is 2. The molecule has 1 aliphatic heterocycles. The Bertz CT molecular complexity index is 603. The van der Waals surface area contributed by atoms with E-state index in [0.717, 1.165) is 18.2 Å². The molecular formula is C13H12F4N2O3. The number of nitrogens with zero attached hydrogens (tertiary/aromatic N) is 1. The Balaban J connectivity index is 2.02. The van der Waals surface area contributed by atoms with Gasteiger partial charge in [0.1, 0.15) is 18.1 Å². The van der Waals surface area contributed by atoms with Crippen molar-refractivity contribution in [3.05, 3.63) is 24.0 Å². The molecule has 0 aromatic heterocycles. The molecule has 0 unspecified atom stereocenters. The van der Waals surface area contributed by atoms with Gasteiger partial charge in [0.2, 0.25) is 11.8 Å². The van der Waals surface area contributed by atoms with Gasteiger partial charge in [-0.2, -0.15) is 13.2 Å². The number of phenolic OH excluding ortho intramolecular Hbond substituents is 1. The van der Waals surface area contributed by atoms with Crippen LogP contribution < -0.4 is 5.32 Å². The van der Waals surface area contributed by atoms with Crippen molar-refractivity contribution in [3.63, 3.8) is 0 Å². The Hall–Kier alpha value is -2.32. The van der Waals surface area contributed by atoms with Crippen molar-refractivity contribution in [1.82, 2.24) is 4.90 Å². The summed E-state index contributed by atoms with van der Waals surface area (Å²) >= 11 is 0. The second kappa shape index (κ2) is 5.82. The minimum Gasteiger partial charge on any atom is -0.506 e. The minimum absolute atomic E-state index is 0.202. The molecule has 2 rings (SSSR count). The molecule has 1 aromatic rings. The Morgan fingerprint density at radius 2 is 2.09 bits per heavy atom. The fourth-order valence-corrected chi connectivity index (χ4v) is 2.16. The number of rotatable bonds is 3. The summed E-state index contributed by atoms with van der Waals surface area (Å²) in [4.78, 5) is 24.0. The highest BCUT2D eigenvalue weighted by molar-refractivity contribution is 5.98. The highest BCUT2D eigenvalue weighted by atomic mass is 19.4. The number of nitrogens with one attached hydrogen (secondary N) is 1. The third kappa shape index (κ3) is 3.86. The van der Waals surface area contributed by atoms with Crippen molar-refractivity contribution in [3.8, 4) is 5.75 Å². The van der Waals surface area contributed by atoms with E-state index in [0.29, 0.717) is 4.90 Å². The smallest absolute Gasteiger partial charge is 0.406 e. The van der Waals surface area contributed by atoms with Crippen LogP contribution in [-0.4, -0.2) is 41.1 Å². The minimum atomic E-state index is -4.54. The zero-order valence-corrected chi connectivity index (χ0v) is 11.2. The van der Waals surface area contributed by atoms with E-state index in [1.807, 2.05) is 0 Å². The fraction of sp³-hybridized carbons (Fsp3) is 0.385. The molecule has 9 heteroatoms. The predicted molar refractivity (Wildman–Crippen MR) is 67.4 cm³/mol. The lowest BCUT2D eigenvalue weighted by atomic mass is 10.1. The topological polar surface area (TPSA) is 69.6 Å². The van der Waals surface area contributed by atoms with Crippen molar-refractivity contribution < 1.29 is 32.3 Å². The molecule has 2 N–H and O–H groups in total. The Kier molecular flexibility index (Phi) is 4.25. The summed E-state index contributed by atoms with van der Waals surface area (Å²) in [7, 11) is 0. The number of hydrogen-bond acceptors (Lipinski definition) is 3. The maximum Gasteiger partial charge on any atom is 0.406 e. The van der Waals surface area contributed by atoms with Crippen LogP contribution in [0.3, 0.4) is 0 Å². The summed E-state index contributed by atoms with van der Waals surface area (Å²) in [5.41, 5.74) is -0.202. The Morgan fingerprint density at radius 1 is 1.41 bits per heavy atom. The zero-order valence-electron chi connectivity index (χ0n) is 11.2. The third-order valence-electron chi connectivity index (χ3n) is 3.17. The molecule has 2 amide bonds. The summed E-state index contributed by atoms with van der Waals surface area (Å²) in [5.74, 6) is -3.60. The fourth-order valence-electron chi connectivity index (χ4n) is 2.16. The van der Waals surface area contributed by atoms with E-state index in [4.69, 9.17) is 0 Å². The van der Waals surface area contributed by atoms with Crippen LogP contribution in [0.4, 0.5) is 23.2 Å². The Labute approximate surface area is 122 Å². The van der Waals surface area contributed by atoms with Gasteiger partial charge in [0.05, 0.1) is 11.6 Å². The SMILES string of the molecule is O=C(Nc1cc(F)ccc1O)[C@@H]1CC(=O)N(CC(F)(F)F)C1. The lowest BCUT2D eigenvalue weighted by Gasteiger charge is -2.18. The van der Waals surface area contributed by atoms with Crippen LogP contribution in [0.15, 0.2) is 18.2 Å². The number of likely N-dealkylation sites (tertiary alicyclic amines) is 1. The molecule has 5 nitrogen and oxygen atoms in total. The normalized spacial score (nSPS) is 18.6. The highest BCUT2D eigenvalue weighted by Crippen LogP contribution is 2.27. The van der Waals surface area contributed by atoms with Crippen molar-refractivity contribution in [2.75, 3.05) is 18.4 Å². The molecule has 1 fully saturated rings. The van der Waals surface area contributed by atoms with Gasteiger partial charge in [0.15, 0.2) is 0 Å². The van der Waals surface area contributed by atoms with Crippen molar-refractivity contribution >= 4 is 17.5 Å². The molecule has 120 valence electrons. The average molecular weight is 320 g/mol. The number of carbonyl (C=O) groups excluding carboxylic acids is 2. The van der Waals surface area contributed by atoms with Crippen LogP contribution >= 0.6 is 0 Å². The molecule has 0 spiro atoms. The van der Waals surface area contributed by atoms with Crippen molar-refractivity contribution in [2.24, 2.45) is 5.92 Å². The average Bonchev–Trinajstić information content (AvgIpc) is 2.73. The van der Waals surface area contributed by atoms with Crippen molar-refractivity contribution in [1.29, 1.82) is 0 Å². The van der Waals surface area contributed by atoms with E-state index in [1.165, 1.54) is 0 Å². The number of benzene rings is 1. The largest absolute Gasteiger partial charge is 0.506 e. The van der Waals surface area contributed by atoms with E-state index >= 15 is 0 Å². The van der Waals surface area contributed by atoms with E-state index in [-0.39, 0.29) is 24.4 Å². The molecular weight excluding hydrogens is 308 g/mol. The number of phenols is 1. The molecule has 0 aliphatic carbocycles. The molecule has 1 atom stereocenters. The first-order valence-electron chi connectivity index (χ1n) is 6.29. The zero-order chi connectivity index (χ0) is 16.5. The maximum atomic E-state index is 13.0. The summed E-state index contributed by atoms with van der Waals surface area (Å²) in [6.45, 7) is -1.79. The summed E-state index contributed by atoms with van der Waals surface area (Å²) < 4.78 is 49.9. The number of aromatic hydroxyl groups is 1. The maximum absolute atomic E-state index is 13.0. The van der Waals surface area contributed by atoms with Gasteiger partial charge in [0, 0.05) is 19.0 Å². The summed E-state index contributed by atoms with van der Waals surface area (Å²) in [5, 5.41) is 11.7. The predicted octanol–water partition coefficient (Wildman–Crippen LogP) is 1.88. The summed E-state index contributed by atoms with van der Waals surface area (Å²) in [6.07, 6.45) is -4.90. The lowest BCUT2D eigenvalue weighted by Crippen LogP contribution is -2.36. The van der Waals surface area contributed by atoms with Gasteiger partial charge >= 0.3 is 6.18 Å². The van der Waals surface area contributed by atoms with E-state index in [2.05, 4.69) is 5.32 Å². The van der Waals surface area contributed by atoms with Crippen molar-refractivity contribution in [2.45, 2.75) is 12.6 Å². The van der Waals surface area contributed by atoms with Crippen LogP contribution in [0, 0.1) is 11.7 Å². The van der Waals surface area contributed by atoms with Gasteiger partial charge in [0.25, 0.3) is 0 Å². The molecule has 1 saturated heterocycles. The van der Waals surface area contributed by atoms with Gasteiger partial charge < -0.3 is 15.3 Å².